The largest absolute Gasteiger partial charge is 0.291 e. The minimum absolute atomic E-state index is 0.472. The van der Waals surface area contributed by atoms with E-state index < -0.39 is 0 Å². The van der Waals surface area contributed by atoms with E-state index in [1.54, 1.807) is 0 Å². The Balaban J connectivity index is 2.23. The summed E-state index contributed by atoms with van der Waals surface area (Å²) in [6.07, 6.45) is 0.951. The lowest BCUT2D eigenvalue weighted by molar-refractivity contribution is -0.0487. The maximum atomic E-state index is 12.2. The zero-order valence-electron chi connectivity index (χ0n) is 5.10. The standard InChI is InChI=1S/C5H11FN2/c1-7-3-2-4-8(6)5-7/h2-5H2,1H3. The number of halogens is 1. The maximum Gasteiger partial charge on any atom is 0.0804 e. The second-order valence-electron chi connectivity index (χ2n) is 2.26. The highest BCUT2D eigenvalue weighted by atomic mass is 19.2. The Hall–Kier alpha value is -0.150. The summed E-state index contributed by atoms with van der Waals surface area (Å²) in [7, 11) is 1.92. The molecule has 1 aliphatic rings. The molecule has 1 fully saturated rings. The minimum atomic E-state index is 0.472. The molecule has 0 amide bonds. The van der Waals surface area contributed by atoms with Gasteiger partial charge in [0.2, 0.25) is 0 Å². The molecule has 1 rings (SSSR count). The Labute approximate surface area is 48.8 Å². The molecule has 0 aliphatic carbocycles. The van der Waals surface area contributed by atoms with Gasteiger partial charge in [0.1, 0.15) is 0 Å². The fourth-order valence-corrected chi connectivity index (χ4v) is 0.916. The third kappa shape index (κ3) is 1.42. The molecule has 1 heterocycles. The third-order valence-electron chi connectivity index (χ3n) is 1.34. The number of hydrogen-bond donors (Lipinski definition) is 0. The van der Waals surface area contributed by atoms with Gasteiger partial charge in [-0.25, -0.2) is 0 Å². The monoisotopic (exact) mass is 118 g/mol. The summed E-state index contributed by atoms with van der Waals surface area (Å²) in [5, 5.41) is 0.837. The molecule has 3 heteroatoms. The van der Waals surface area contributed by atoms with Crippen molar-refractivity contribution < 1.29 is 4.48 Å². The van der Waals surface area contributed by atoms with E-state index in [0.29, 0.717) is 13.2 Å². The fraction of sp³-hybridized carbons (Fsp3) is 1.00. The molecular formula is C5H11FN2. The smallest absolute Gasteiger partial charge is 0.0804 e. The quantitative estimate of drug-likeness (QED) is 0.426. The summed E-state index contributed by atoms with van der Waals surface area (Å²) in [5.74, 6) is 0. The van der Waals surface area contributed by atoms with Gasteiger partial charge in [-0.3, -0.25) is 4.90 Å². The first kappa shape index (κ1) is 5.98. The van der Waals surface area contributed by atoms with Gasteiger partial charge in [-0.05, 0) is 13.5 Å². The highest BCUT2D eigenvalue weighted by molar-refractivity contribution is 4.57. The van der Waals surface area contributed by atoms with E-state index in [9.17, 15) is 4.48 Å². The summed E-state index contributed by atoms with van der Waals surface area (Å²) >= 11 is 0. The molecule has 48 valence electrons. The third-order valence-corrected chi connectivity index (χ3v) is 1.34. The molecule has 0 aromatic carbocycles. The van der Waals surface area contributed by atoms with Crippen molar-refractivity contribution in [2.45, 2.75) is 6.42 Å². The zero-order chi connectivity index (χ0) is 5.98. The van der Waals surface area contributed by atoms with Crippen molar-refractivity contribution in [3.8, 4) is 0 Å². The van der Waals surface area contributed by atoms with E-state index in [1.165, 1.54) is 0 Å². The van der Waals surface area contributed by atoms with Gasteiger partial charge in [-0.2, -0.15) is 0 Å². The van der Waals surface area contributed by atoms with Crippen molar-refractivity contribution in [3.63, 3.8) is 0 Å². The van der Waals surface area contributed by atoms with Crippen molar-refractivity contribution in [3.05, 3.63) is 0 Å². The maximum absolute atomic E-state index is 12.2. The molecule has 0 radical (unpaired) electrons. The SMILES string of the molecule is CN1CCCN(F)C1. The van der Waals surface area contributed by atoms with Gasteiger partial charge in [0, 0.05) is 13.1 Å². The first-order chi connectivity index (χ1) is 3.79. The molecule has 0 N–H and O–H groups in total. The van der Waals surface area contributed by atoms with Gasteiger partial charge in [0.05, 0.1) is 6.67 Å². The molecule has 1 aliphatic heterocycles. The number of hydrogen-bond acceptors (Lipinski definition) is 2. The van der Waals surface area contributed by atoms with E-state index >= 15 is 0 Å². The van der Waals surface area contributed by atoms with Crippen LogP contribution in [-0.4, -0.2) is 36.8 Å². The summed E-state index contributed by atoms with van der Waals surface area (Å²) < 4.78 is 12.2. The van der Waals surface area contributed by atoms with Crippen LogP contribution in [0, 0.1) is 0 Å². The summed E-state index contributed by atoms with van der Waals surface area (Å²) in [5.41, 5.74) is 0. The van der Waals surface area contributed by atoms with Gasteiger partial charge in [-0.1, -0.05) is 0 Å². The summed E-state index contributed by atoms with van der Waals surface area (Å²) in [6, 6.07) is 0. The number of rotatable bonds is 0. The van der Waals surface area contributed by atoms with E-state index in [-0.39, 0.29) is 0 Å². The van der Waals surface area contributed by atoms with Crippen LogP contribution < -0.4 is 0 Å². The second kappa shape index (κ2) is 2.42. The topological polar surface area (TPSA) is 6.48 Å². The predicted molar refractivity (Wildman–Crippen MR) is 29.9 cm³/mol. The van der Waals surface area contributed by atoms with Crippen molar-refractivity contribution in [2.24, 2.45) is 0 Å². The molecule has 1 saturated heterocycles. The first-order valence-electron chi connectivity index (χ1n) is 2.88. The molecule has 0 unspecified atom stereocenters. The van der Waals surface area contributed by atoms with Crippen LogP contribution in [0.2, 0.25) is 0 Å². The lowest BCUT2D eigenvalue weighted by Crippen LogP contribution is -2.37. The van der Waals surface area contributed by atoms with Crippen LogP contribution in [0.15, 0.2) is 0 Å². The van der Waals surface area contributed by atoms with Gasteiger partial charge in [0.15, 0.2) is 0 Å². The lowest BCUT2D eigenvalue weighted by Gasteiger charge is -2.26. The first-order valence-corrected chi connectivity index (χ1v) is 2.88. The van der Waals surface area contributed by atoms with Crippen molar-refractivity contribution in [1.82, 2.24) is 10.0 Å². The molecule has 0 atom stereocenters. The second-order valence-corrected chi connectivity index (χ2v) is 2.26. The molecular weight excluding hydrogens is 107 g/mol. The molecule has 0 aromatic heterocycles. The molecule has 0 bridgehead atoms. The Morgan fingerprint density at radius 1 is 1.38 bits per heavy atom. The normalized spacial score (nSPS) is 26.2. The highest BCUT2D eigenvalue weighted by Gasteiger charge is 2.11. The van der Waals surface area contributed by atoms with Gasteiger partial charge in [-0.15, -0.1) is 9.60 Å². The molecule has 0 saturated carbocycles. The molecule has 8 heavy (non-hydrogen) atoms. The van der Waals surface area contributed by atoms with Crippen LogP contribution in [0.5, 0.6) is 0 Å². The van der Waals surface area contributed by atoms with Crippen LogP contribution in [0.4, 0.5) is 4.48 Å². The summed E-state index contributed by atoms with van der Waals surface area (Å²) in [6.45, 7) is 2.10. The lowest BCUT2D eigenvalue weighted by atomic mass is 10.3. The van der Waals surface area contributed by atoms with E-state index in [0.717, 1.165) is 18.1 Å². The molecule has 0 aromatic rings. The Kier molecular flexibility index (Phi) is 1.81. The van der Waals surface area contributed by atoms with Crippen LogP contribution in [0.1, 0.15) is 6.42 Å². The molecule has 2 nitrogen and oxygen atoms in total. The van der Waals surface area contributed by atoms with Crippen LogP contribution >= 0.6 is 0 Å². The Morgan fingerprint density at radius 2 is 2.12 bits per heavy atom. The average molecular weight is 118 g/mol. The number of nitrogens with zero attached hydrogens (tertiary/aromatic N) is 2. The highest BCUT2D eigenvalue weighted by Crippen LogP contribution is 2.01. The van der Waals surface area contributed by atoms with Crippen LogP contribution in [-0.2, 0) is 0 Å². The van der Waals surface area contributed by atoms with Crippen molar-refractivity contribution in [2.75, 3.05) is 26.8 Å². The fourth-order valence-electron chi connectivity index (χ4n) is 0.916. The average Bonchev–Trinajstić information content (AvgIpc) is 1.64. The van der Waals surface area contributed by atoms with Crippen LogP contribution in [0.25, 0.3) is 0 Å². The van der Waals surface area contributed by atoms with Crippen molar-refractivity contribution in [1.29, 1.82) is 0 Å². The minimum Gasteiger partial charge on any atom is -0.291 e. The predicted octanol–water partition coefficient (Wildman–Crippen LogP) is 0.466. The van der Waals surface area contributed by atoms with Crippen molar-refractivity contribution >= 4 is 0 Å². The zero-order valence-corrected chi connectivity index (χ0v) is 5.10. The Morgan fingerprint density at radius 3 is 2.50 bits per heavy atom. The van der Waals surface area contributed by atoms with Gasteiger partial charge >= 0.3 is 0 Å². The van der Waals surface area contributed by atoms with E-state index in [1.807, 2.05) is 11.9 Å². The van der Waals surface area contributed by atoms with Gasteiger partial charge < -0.3 is 0 Å². The van der Waals surface area contributed by atoms with E-state index in [2.05, 4.69) is 0 Å². The summed E-state index contributed by atoms with van der Waals surface area (Å²) in [4.78, 5) is 1.96. The van der Waals surface area contributed by atoms with E-state index in [4.69, 9.17) is 0 Å². The van der Waals surface area contributed by atoms with Gasteiger partial charge in [0.25, 0.3) is 0 Å². The Bertz CT molecular complexity index is 68.8. The molecule has 0 spiro atoms. The van der Waals surface area contributed by atoms with Crippen LogP contribution in [0.3, 0.4) is 0 Å².